The van der Waals surface area contributed by atoms with Crippen molar-refractivity contribution < 1.29 is 19.5 Å². The van der Waals surface area contributed by atoms with Gasteiger partial charge in [-0.15, -0.1) is 0 Å². The molecule has 2 rings (SSSR count). The zero-order valence-electron chi connectivity index (χ0n) is 13.5. The monoisotopic (exact) mass is 317 g/mol. The van der Waals surface area contributed by atoms with E-state index in [0.29, 0.717) is 17.8 Å². The van der Waals surface area contributed by atoms with Gasteiger partial charge in [-0.05, 0) is 18.6 Å². The number of para-hydroxylation sites is 1. The minimum Gasteiger partial charge on any atom is -0.480 e. The van der Waals surface area contributed by atoms with Crippen molar-refractivity contribution in [1.82, 2.24) is 0 Å². The molecule has 5 nitrogen and oxygen atoms in total. The fourth-order valence-electron chi connectivity index (χ4n) is 2.96. The third-order valence-electron chi connectivity index (χ3n) is 4.22. The highest BCUT2D eigenvalue weighted by atomic mass is 16.4. The number of aliphatic carboxylic acids is 1. The number of carbonyl (C=O) groups is 3. The molecule has 0 bridgehead atoms. The second kappa shape index (κ2) is 7.90. The summed E-state index contributed by atoms with van der Waals surface area (Å²) in [7, 11) is 0. The third-order valence-corrected chi connectivity index (χ3v) is 4.22. The molecule has 23 heavy (non-hydrogen) atoms. The number of amides is 1. The van der Waals surface area contributed by atoms with Crippen LogP contribution in [0.5, 0.6) is 0 Å². The predicted molar refractivity (Wildman–Crippen MR) is 87.6 cm³/mol. The van der Waals surface area contributed by atoms with E-state index in [2.05, 4.69) is 6.92 Å². The Morgan fingerprint density at radius 3 is 2.43 bits per heavy atom. The summed E-state index contributed by atoms with van der Waals surface area (Å²) >= 11 is 0. The number of ketones is 1. The van der Waals surface area contributed by atoms with Crippen LogP contribution < -0.4 is 4.90 Å². The molecular formula is C18H23NO4. The van der Waals surface area contributed by atoms with Gasteiger partial charge in [0, 0.05) is 12.1 Å². The van der Waals surface area contributed by atoms with Crippen LogP contribution in [0.15, 0.2) is 24.3 Å². The number of anilines is 1. The van der Waals surface area contributed by atoms with Gasteiger partial charge in [0.1, 0.15) is 0 Å². The number of hydrogen-bond donors (Lipinski definition) is 1. The van der Waals surface area contributed by atoms with Gasteiger partial charge in [0.05, 0.1) is 5.69 Å². The molecule has 5 heteroatoms. The SMILES string of the molecule is CCCCCCCCN1C(=O)C(C(=O)O)C(=O)c2ccccc21. The first-order valence-electron chi connectivity index (χ1n) is 8.25. The van der Waals surface area contributed by atoms with Crippen LogP contribution >= 0.6 is 0 Å². The zero-order valence-corrected chi connectivity index (χ0v) is 13.5. The Bertz CT molecular complexity index is 596. The van der Waals surface area contributed by atoms with Gasteiger partial charge >= 0.3 is 5.97 Å². The number of carboxylic acids is 1. The molecule has 1 amide bonds. The van der Waals surface area contributed by atoms with Gasteiger partial charge in [-0.3, -0.25) is 14.4 Å². The summed E-state index contributed by atoms with van der Waals surface area (Å²) in [6.45, 7) is 2.62. The largest absolute Gasteiger partial charge is 0.480 e. The summed E-state index contributed by atoms with van der Waals surface area (Å²) in [6, 6.07) is 6.75. The van der Waals surface area contributed by atoms with Gasteiger partial charge in [0.15, 0.2) is 11.7 Å². The van der Waals surface area contributed by atoms with Crippen molar-refractivity contribution in [2.75, 3.05) is 11.4 Å². The second-order valence-corrected chi connectivity index (χ2v) is 5.91. The maximum absolute atomic E-state index is 12.4. The van der Waals surface area contributed by atoms with E-state index in [0.717, 1.165) is 19.3 Å². The Labute approximate surface area is 136 Å². The van der Waals surface area contributed by atoms with Crippen molar-refractivity contribution in [3.05, 3.63) is 29.8 Å². The molecule has 1 aromatic carbocycles. The van der Waals surface area contributed by atoms with E-state index in [4.69, 9.17) is 0 Å². The summed E-state index contributed by atoms with van der Waals surface area (Å²) in [5.74, 6) is -4.21. The molecule has 0 aromatic heterocycles. The molecule has 0 radical (unpaired) electrons. The van der Waals surface area contributed by atoms with E-state index in [1.807, 2.05) is 0 Å². The summed E-state index contributed by atoms with van der Waals surface area (Å²) in [4.78, 5) is 37.4. The molecule has 1 aliphatic heterocycles. The van der Waals surface area contributed by atoms with E-state index < -0.39 is 23.6 Å². The number of fused-ring (bicyclic) bond motifs is 1. The van der Waals surface area contributed by atoms with Crippen LogP contribution in [-0.2, 0) is 9.59 Å². The lowest BCUT2D eigenvalue weighted by molar-refractivity contribution is -0.144. The Morgan fingerprint density at radius 2 is 1.74 bits per heavy atom. The number of rotatable bonds is 8. The molecule has 0 saturated heterocycles. The van der Waals surface area contributed by atoms with E-state index in [1.54, 1.807) is 24.3 Å². The van der Waals surface area contributed by atoms with Crippen molar-refractivity contribution in [2.45, 2.75) is 45.4 Å². The predicted octanol–water partition coefficient (Wildman–Crippen LogP) is 3.28. The van der Waals surface area contributed by atoms with E-state index in [9.17, 15) is 19.5 Å². The summed E-state index contributed by atoms with van der Waals surface area (Å²) in [5, 5.41) is 9.22. The van der Waals surface area contributed by atoms with Crippen LogP contribution in [0.1, 0.15) is 55.8 Å². The zero-order chi connectivity index (χ0) is 16.8. The Hall–Kier alpha value is -2.17. The standard InChI is InChI=1S/C18H23NO4/c1-2-3-4-5-6-9-12-19-14-11-8-7-10-13(14)16(20)15(17(19)21)18(22)23/h7-8,10-11,15H,2-6,9,12H2,1H3,(H,22,23). The van der Waals surface area contributed by atoms with Crippen LogP contribution in [0.25, 0.3) is 0 Å². The van der Waals surface area contributed by atoms with Crippen LogP contribution in [0.3, 0.4) is 0 Å². The number of carbonyl (C=O) groups excluding carboxylic acids is 2. The first kappa shape index (κ1) is 17.2. The van der Waals surface area contributed by atoms with Gasteiger partial charge in [-0.25, -0.2) is 0 Å². The molecular weight excluding hydrogens is 294 g/mol. The minimum atomic E-state index is -1.61. The molecule has 1 atom stereocenters. The average Bonchev–Trinajstić information content (AvgIpc) is 2.53. The lowest BCUT2D eigenvalue weighted by Gasteiger charge is -2.31. The van der Waals surface area contributed by atoms with E-state index in [1.165, 1.54) is 24.2 Å². The first-order chi connectivity index (χ1) is 11.1. The van der Waals surface area contributed by atoms with Gasteiger partial charge in [-0.2, -0.15) is 0 Å². The molecule has 0 saturated carbocycles. The smallest absolute Gasteiger partial charge is 0.324 e. The Morgan fingerprint density at radius 1 is 1.09 bits per heavy atom. The van der Waals surface area contributed by atoms with Gasteiger partial charge in [-0.1, -0.05) is 51.2 Å². The number of hydrogen-bond acceptors (Lipinski definition) is 3. The molecule has 0 spiro atoms. The average molecular weight is 317 g/mol. The molecule has 1 aromatic rings. The van der Waals surface area contributed by atoms with Crippen LogP contribution in [0, 0.1) is 5.92 Å². The highest BCUT2D eigenvalue weighted by molar-refractivity contribution is 6.30. The number of unbranched alkanes of at least 4 members (excludes halogenated alkanes) is 5. The lowest BCUT2D eigenvalue weighted by atomic mass is 9.90. The quantitative estimate of drug-likeness (QED) is 0.590. The number of nitrogens with zero attached hydrogens (tertiary/aromatic N) is 1. The van der Waals surface area contributed by atoms with Crippen molar-refractivity contribution >= 4 is 23.3 Å². The van der Waals surface area contributed by atoms with Crippen molar-refractivity contribution in [3.8, 4) is 0 Å². The molecule has 1 N–H and O–H groups in total. The summed E-state index contributed by atoms with van der Waals surface area (Å²) < 4.78 is 0. The molecule has 1 unspecified atom stereocenters. The third kappa shape index (κ3) is 3.78. The summed E-state index contributed by atoms with van der Waals surface area (Å²) in [5.41, 5.74) is 0.860. The number of benzene rings is 1. The van der Waals surface area contributed by atoms with Crippen LogP contribution in [-0.4, -0.2) is 29.3 Å². The maximum atomic E-state index is 12.4. The number of carboxylic acid groups (broad SMARTS) is 1. The topological polar surface area (TPSA) is 74.7 Å². The van der Waals surface area contributed by atoms with Crippen LogP contribution in [0.4, 0.5) is 5.69 Å². The fraction of sp³-hybridized carbons (Fsp3) is 0.500. The van der Waals surface area contributed by atoms with Crippen LogP contribution in [0.2, 0.25) is 0 Å². The molecule has 124 valence electrons. The normalized spacial score (nSPS) is 17.3. The molecule has 1 heterocycles. The lowest BCUT2D eigenvalue weighted by Crippen LogP contribution is -2.48. The second-order valence-electron chi connectivity index (χ2n) is 5.91. The molecule has 0 aliphatic carbocycles. The first-order valence-corrected chi connectivity index (χ1v) is 8.25. The Kier molecular flexibility index (Phi) is 5.90. The highest BCUT2D eigenvalue weighted by Gasteiger charge is 2.43. The highest BCUT2D eigenvalue weighted by Crippen LogP contribution is 2.31. The minimum absolute atomic E-state index is 0.325. The van der Waals surface area contributed by atoms with Crippen molar-refractivity contribution in [1.29, 1.82) is 0 Å². The number of Topliss-reactive ketones (excluding diaryl/α,β-unsaturated/α-hetero) is 1. The van der Waals surface area contributed by atoms with Gasteiger partial charge in [0.25, 0.3) is 0 Å². The molecule has 1 aliphatic rings. The molecule has 0 fully saturated rings. The van der Waals surface area contributed by atoms with Crippen molar-refractivity contribution in [2.24, 2.45) is 5.92 Å². The van der Waals surface area contributed by atoms with Crippen molar-refractivity contribution in [3.63, 3.8) is 0 Å². The fourth-order valence-corrected chi connectivity index (χ4v) is 2.96. The van der Waals surface area contributed by atoms with Gasteiger partial charge < -0.3 is 10.0 Å². The van der Waals surface area contributed by atoms with Gasteiger partial charge in [0.2, 0.25) is 5.91 Å². The summed E-state index contributed by atoms with van der Waals surface area (Å²) in [6.07, 6.45) is 6.49. The van der Waals surface area contributed by atoms with E-state index in [-0.39, 0.29) is 0 Å². The maximum Gasteiger partial charge on any atom is 0.324 e. The Balaban J connectivity index is 2.11. The van der Waals surface area contributed by atoms with E-state index >= 15 is 0 Å².